The van der Waals surface area contributed by atoms with E-state index >= 15 is 0 Å². The van der Waals surface area contributed by atoms with Gasteiger partial charge in [-0.25, -0.2) is 4.39 Å². The molecular formula is C20H25ClFN3O3S. The van der Waals surface area contributed by atoms with Crippen molar-refractivity contribution in [1.82, 2.24) is 16.0 Å². The van der Waals surface area contributed by atoms with Crippen molar-refractivity contribution >= 4 is 35.2 Å². The van der Waals surface area contributed by atoms with E-state index in [-0.39, 0.29) is 51.6 Å². The van der Waals surface area contributed by atoms with Crippen LogP contribution in [0.1, 0.15) is 32.1 Å². The monoisotopic (exact) mass is 441 g/mol. The number of rotatable bonds is 7. The van der Waals surface area contributed by atoms with Crippen LogP contribution in [-0.4, -0.2) is 47.7 Å². The summed E-state index contributed by atoms with van der Waals surface area (Å²) in [5.74, 6) is -0.471. The van der Waals surface area contributed by atoms with Gasteiger partial charge in [0.1, 0.15) is 11.6 Å². The molecule has 4 fully saturated rings. The standard InChI is InChI=1S/C20H25ClFN3O3S/c1-29-18-13(3-2-6-23-18)17(27)25-20-9-19(10-20,11-20)24-16(26)8-28-12-4-5-14(21)15(22)7-12/h4-5,7,13,18,23H,2-3,6,8-11H2,1H3,(H,24,26)(H,25,27). The van der Waals surface area contributed by atoms with Crippen LogP contribution in [0.3, 0.4) is 0 Å². The van der Waals surface area contributed by atoms with Gasteiger partial charge in [-0.15, -0.1) is 11.8 Å². The molecule has 2 amide bonds. The van der Waals surface area contributed by atoms with E-state index in [1.165, 1.54) is 12.1 Å². The number of amides is 2. The molecule has 158 valence electrons. The molecular weight excluding hydrogens is 417 g/mol. The lowest BCUT2D eigenvalue weighted by atomic mass is 9.44. The van der Waals surface area contributed by atoms with E-state index in [4.69, 9.17) is 16.3 Å². The van der Waals surface area contributed by atoms with Gasteiger partial charge in [-0.1, -0.05) is 11.6 Å². The fraction of sp³-hybridized carbons (Fsp3) is 0.600. The Hall–Kier alpha value is -1.51. The topological polar surface area (TPSA) is 79.5 Å². The van der Waals surface area contributed by atoms with Crippen LogP contribution in [0, 0.1) is 11.7 Å². The highest BCUT2D eigenvalue weighted by molar-refractivity contribution is 7.99. The second kappa shape index (κ2) is 7.96. The molecule has 1 aliphatic heterocycles. The van der Waals surface area contributed by atoms with Crippen molar-refractivity contribution in [2.75, 3.05) is 19.4 Å². The van der Waals surface area contributed by atoms with Gasteiger partial charge in [0.25, 0.3) is 5.91 Å². The van der Waals surface area contributed by atoms with Gasteiger partial charge in [-0.3, -0.25) is 9.59 Å². The van der Waals surface area contributed by atoms with E-state index < -0.39 is 5.82 Å². The van der Waals surface area contributed by atoms with Crippen LogP contribution in [0.15, 0.2) is 18.2 Å². The lowest BCUT2D eigenvalue weighted by Gasteiger charge is -2.70. The molecule has 1 aromatic carbocycles. The molecule has 0 spiro atoms. The zero-order valence-electron chi connectivity index (χ0n) is 16.2. The minimum Gasteiger partial charge on any atom is -0.484 e. The van der Waals surface area contributed by atoms with Gasteiger partial charge in [0.2, 0.25) is 5.91 Å². The van der Waals surface area contributed by atoms with Crippen LogP contribution >= 0.6 is 23.4 Å². The first-order valence-corrected chi connectivity index (χ1v) is 11.5. The number of ether oxygens (including phenoxy) is 1. The molecule has 9 heteroatoms. The van der Waals surface area contributed by atoms with Crippen molar-refractivity contribution in [3.63, 3.8) is 0 Å². The predicted octanol–water partition coefficient (Wildman–Crippen LogP) is 2.45. The van der Waals surface area contributed by atoms with Gasteiger partial charge in [-0.2, -0.15) is 0 Å². The van der Waals surface area contributed by atoms with E-state index in [2.05, 4.69) is 16.0 Å². The summed E-state index contributed by atoms with van der Waals surface area (Å²) in [4.78, 5) is 24.9. The highest BCUT2D eigenvalue weighted by Gasteiger charge is 2.69. The molecule has 3 aliphatic carbocycles. The van der Waals surface area contributed by atoms with Gasteiger partial charge in [0, 0.05) is 17.1 Å². The lowest BCUT2D eigenvalue weighted by Crippen LogP contribution is -2.84. The molecule has 1 saturated heterocycles. The Morgan fingerprint density at radius 1 is 1.31 bits per heavy atom. The van der Waals surface area contributed by atoms with Gasteiger partial charge in [-0.05, 0) is 57.0 Å². The first kappa shape index (κ1) is 20.8. The molecule has 3 saturated carbocycles. The Morgan fingerprint density at radius 3 is 2.72 bits per heavy atom. The molecule has 2 unspecified atom stereocenters. The zero-order chi connectivity index (χ0) is 20.6. The third kappa shape index (κ3) is 4.20. The Morgan fingerprint density at radius 2 is 2.03 bits per heavy atom. The number of carbonyl (C=O) groups excluding carboxylic acids is 2. The number of nitrogens with one attached hydrogen (secondary N) is 3. The van der Waals surface area contributed by atoms with Crippen molar-refractivity contribution in [1.29, 1.82) is 0 Å². The van der Waals surface area contributed by atoms with E-state index in [1.807, 2.05) is 6.26 Å². The summed E-state index contributed by atoms with van der Waals surface area (Å²) in [5, 5.41) is 9.81. The first-order chi connectivity index (χ1) is 13.8. The number of benzene rings is 1. The second-order valence-electron chi connectivity index (χ2n) is 8.35. The quantitative estimate of drug-likeness (QED) is 0.605. The highest BCUT2D eigenvalue weighted by atomic mass is 35.5. The summed E-state index contributed by atoms with van der Waals surface area (Å²) in [7, 11) is 0. The number of hydrogen-bond acceptors (Lipinski definition) is 5. The smallest absolute Gasteiger partial charge is 0.258 e. The first-order valence-electron chi connectivity index (χ1n) is 9.81. The molecule has 29 heavy (non-hydrogen) atoms. The number of thioether (sulfide) groups is 1. The summed E-state index contributed by atoms with van der Waals surface area (Å²) in [6, 6.07) is 4.07. The average Bonchev–Trinajstić information content (AvgIpc) is 2.66. The summed E-state index contributed by atoms with van der Waals surface area (Å²) < 4.78 is 18.8. The van der Waals surface area contributed by atoms with E-state index in [0.29, 0.717) is 0 Å². The molecule has 1 heterocycles. The van der Waals surface area contributed by atoms with Gasteiger partial charge in [0.05, 0.1) is 16.3 Å². The van der Waals surface area contributed by atoms with E-state index in [0.717, 1.165) is 44.7 Å². The molecule has 0 radical (unpaired) electrons. The summed E-state index contributed by atoms with van der Waals surface area (Å²) in [5.41, 5.74) is -0.423. The molecule has 0 aromatic heterocycles. The molecule has 6 nitrogen and oxygen atoms in total. The number of halogens is 2. The third-order valence-corrected chi connectivity index (χ3v) is 7.39. The summed E-state index contributed by atoms with van der Waals surface area (Å²) in [6.45, 7) is 0.769. The van der Waals surface area contributed by atoms with Gasteiger partial charge in [0.15, 0.2) is 6.61 Å². The summed E-state index contributed by atoms with van der Waals surface area (Å²) >= 11 is 7.32. The lowest BCUT2D eigenvalue weighted by molar-refractivity contribution is -0.152. The fourth-order valence-electron chi connectivity index (χ4n) is 4.83. The zero-order valence-corrected chi connectivity index (χ0v) is 17.8. The second-order valence-corrected chi connectivity index (χ2v) is 9.74. The van der Waals surface area contributed by atoms with Crippen LogP contribution in [0.25, 0.3) is 0 Å². The van der Waals surface area contributed by atoms with Gasteiger partial charge >= 0.3 is 0 Å². The predicted molar refractivity (Wildman–Crippen MR) is 111 cm³/mol. The minimum absolute atomic E-state index is 0.00788. The molecule has 5 rings (SSSR count). The fourth-order valence-corrected chi connectivity index (χ4v) is 5.82. The molecule has 2 bridgehead atoms. The Bertz CT molecular complexity index is 804. The maximum atomic E-state index is 13.4. The minimum atomic E-state index is -0.585. The van der Waals surface area contributed by atoms with Crippen LogP contribution in [-0.2, 0) is 9.59 Å². The van der Waals surface area contributed by atoms with Crippen molar-refractivity contribution in [2.45, 2.75) is 48.6 Å². The maximum Gasteiger partial charge on any atom is 0.258 e. The number of carbonyl (C=O) groups is 2. The Labute approximate surface area is 178 Å². The number of hydrogen-bond donors (Lipinski definition) is 3. The maximum absolute atomic E-state index is 13.4. The van der Waals surface area contributed by atoms with E-state index in [9.17, 15) is 14.0 Å². The molecule has 1 aromatic rings. The van der Waals surface area contributed by atoms with E-state index in [1.54, 1.807) is 11.8 Å². The Kier molecular flexibility index (Phi) is 5.70. The average molecular weight is 442 g/mol. The van der Waals surface area contributed by atoms with Crippen LogP contribution < -0.4 is 20.7 Å². The van der Waals surface area contributed by atoms with Crippen molar-refractivity contribution in [3.05, 3.63) is 29.0 Å². The van der Waals surface area contributed by atoms with Crippen molar-refractivity contribution < 1.29 is 18.7 Å². The number of piperidine rings is 1. The Balaban J connectivity index is 1.22. The molecule has 2 atom stereocenters. The van der Waals surface area contributed by atoms with Crippen molar-refractivity contribution in [2.24, 2.45) is 5.92 Å². The normalized spacial score (nSPS) is 32.5. The van der Waals surface area contributed by atoms with Crippen LogP contribution in [0.4, 0.5) is 4.39 Å². The third-order valence-electron chi connectivity index (χ3n) is 6.08. The van der Waals surface area contributed by atoms with Crippen LogP contribution in [0.5, 0.6) is 5.75 Å². The largest absolute Gasteiger partial charge is 0.484 e. The van der Waals surface area contributed by atoms with Crippen molar-refractivity contribution in [3.8, 4) is 5.75 Å². The summed E-state index contributed by atoms with van der Waals surface area (Å²) in [6.07, 6.45) is 6.19. The van der Waals surface area contributed by atoms with Crippen LogP contribution in [0.2, 0.25) is 5.02 Å². The highest BCUT2D eigenvalue weighted by Crippen LogP contribution is 2.60. The molecule has 4 aliphatic rings. The van der Waals surface area contributed by atoms with Gasteiger partial charge < -0.3 is 20.7 Å². The molecule has 3 N–H and O–H groups in total. The SMILES string of the molecule is CSC1NCCCC1C(=O)NC12CC(NC(=O)COc3ccc(Cl)c(F)c3)(C1)C2.